The topological polar surface area (TPSA) is 143 Å². The van der Waals surface area contributed by atoms with Crippen molar-refractivity contribution in [2.24, 2.45) is 14.1 Å². The highest BCUT2D eigenvalue weighted by Gasteiger charge is 2.18. The van der Waals surface area contributed by atoms with Gasteiger partial charge in [-0.1, -0.05) is 24.3 Å². The zero-order valence-electron chi connectivity index (χ0n) is 20.8. The minimum absolute atomic E-state index is 0.0557. The van der Waals surface area contributed by atoms with Crippen molar-refractivity contribution in [3.8, 4) is 10.3 Å². The van der Waals surface area contributed by atoms with Crippen LogP contribution in [0.15, 0.2) is 68.9 Å². The van der Waals surface area contributed by atoms with Gasteiger partial charge >= 0.3 is 23.3 Å². The van der Waals surface area contributed by atoms with E-state index in [-0.39, 0.29) is 22.8 Å². The fourth-order valence-corrected chi connectivity index (χ4v) is 5.59. The number of carboxylic acids is 1. The molecule has 39 heavy (non-hydrogen) atoms. The van der Waals surface area contributed by atoms with Gasteiger partial charge in [-0.15, -0.1) is 22.7 Å². The molecule has 14 heteroatoms. The standard InChI is InChI=1S/C13H11N3O3S.C12H9N3O3S/c1-15-9-5-3-4-6-10(9)16(13(15)18)12-14-8(7-20-12)11(17)19-2;1-14-8-4-2-3-5-9(8)15(12(14)18)11-13-7(6-19-11)10(16)17/h3-7H,1-2H3;2-6H,1H3,(H,16,17). The molecule has 0 saturated carbocycles. The van der Waals surface area contributed by atoms with Crippen LogP contribution in [-0.2, 0) is 18.8 Å². The molecule has 0 aliphatic heterocycles. The average molecular weight is 565 g/mol. The monoisotopic (exact) mass is 564 g/mol. The highest BCUT2D eigenvalue weighted by Crippen LogP contribution is 2.21. The van der Waals surface area contributed by atoms with Crippen molar-refractivity contribution in [3.63, 3.8) is 0 Å². The molecule has 1 N–H and O–H groups in total. The van der Waals surface area contributed by atoms with Gasteiger partial charge in [-0.25, -0.2) is 38.3 Å². The lowest BCUT2D eigenvalue weighted by molar-refractivity contribution is 0.0594. The van der Waals surface area contributed by atoms with Crippen LogP contribution in [0.5, 0.6) is 0 Å². The van der Waals surface area contributed by atoms with E-state index in [2.05, 4.69) is 14.7 Å². The van der Waals surface area contributed by atoms with Crippen molar-refractivity contribution in [1.82, 2.24) is 28.2 Å². The smallest absolute Gasteiger partial charge is 0.357 e. The van der Waals surface area contributed by atoms with E-state index in [1.54, 1.807) is 30.1 Å². The van der Waals surface area contributed by atoms with Gasteiger partial charge in [-0.2, -0.15) is 0 Å². The van der Waals surface area contributed by atoms with Crippen LogP contribution < -0.4 is 11.4 Å². The number of hydrogen-bond donors (Lipinski definition) is 1. The number of carbonyl (C=O) groups is 2. The molecule has 6 aromatic rings. The van der Waals surface area contributed by atoms with Crippen LogP contribution >= 0.6 is 22.7 Å². The Morgan fingerprint density at radius 1 is 0.744 bits per heavy atom. The van der Waals surface area contributed by atoms with Crippen LogP contribution in [-0.4, -0.2) is 52.4 Å². The molecule has 0 spiro atoms. The molecule has 0 unspecified atom stereocenters. The van der Waals surface area contributed by atoms with Gasteiger partial charge in [-0.3, -0.25) is 9.13 Å². The molecule has 2 aromatic carbocycles. The third-order valence-corrected chi connectivity index (χ3v) is 7.56. The third kappa shape index (κ3) is 4.45. The number of benzene rings is 2. The van der Waals surface area contributed by atoms with Gasteiger partial charge in [0.25, 0.3) is 0 Å². The molecule has 4 aromatic heterocycles. The van der Waals surface area contributed by atoms with E-state index < -0.39 is 11.9 Å². The maximum atomic E-state index is 12.3. The molecule has 12 nitrogen and oxygen atoms in total. The Bertz CT molecular complexity index is 1990. The molecule has 0 fully saturated rings. The van der Waals surface area contributed by atoms with Crippen molar-refractivity contribution < 1.29 is 19.4 Å². The number of nitrogens with zero attached hydrogens (tertiary/aromatic N) is 6. The second-order valence-corrected chi connectivity index (χ2v) is 9.83. The van der Waals surface area contributed by atoms with Crippen LogP contribution in [0, 0.1) is 0 Å². The van der Waals surface area contributed by atoms with Gasteiger partial charge in [0.1, 0.15) is 0 Å². The summed E-state index contributed by atoms with van der Waals surface area (Å²) in [6.07, 6.45) is 0. The number of aryl methyl sites for hydroxylation is 2. The normalized spacial score (nSPS) is 10.9. The van der Waals surface area contributed by atoms with Crippen LogP contribution in [0.4, 0.5) is 0 Å². The van der Waals surface area contributed by atoms with Crippen LogP contribution in [0.3, 0.4) is 0 Å². The molecule has 0 aliphatic carbocycles. The van der Waals surface area contributed by atoms with Gasteiger partial charge in [-0.05, 0) is 24.3 Å². The number of methoxy groups -OCH3 is 1. The van der Waals surface area contributed by atoms with Gasteiger partial charge in [0.2, 0.25) is 0 Å². The second kappa shape index (κ2) is 10.2. The van der Waals surface area contributed by atoms with Crippen molar-refractivity contribution in [2.45, 2.75) is 0 Å². The summed E-state index contributed by atoms with van der Waals surface area (Å²) >= 11 is 2.36. The molecule has 6 rings (SSSR count). The van der Waals surface area contributed by atoms with Gasteiger partial charge < -0.3 is 9.84 Å². The molecule has 4 heterocycles. The summed E-state index contributed by atoms with van der Waals surface area (Å²) in [7, 11) is 4.67. The SMILES string of the molecule is COC(=O)c1csc(-n2c(=O)n(C)c3ccccc32)n1.Cn1c(=O)n(-c2nc(C(=O)O)cs2)c2ccccc21. The largest absolute Gasteiger partial charge is 0.476 e. The van der Waals surface area contributed by atoms with Crippen molar-refractivity contribution in [2.75, 3.05) is 7.11 Å². The van der Waals surface area contributed by atoms with Crippen molar-refractivity contribution in [3.05, 3.63) is 91.6 Å². The maximum absolute atomic E-state index is 12.3. The zero-order valence-corrected chi connectivity index (χ0v) is 22.4. The molecule has 0 aliphatic rings. The number of thiazole rings is 2. The summed E-state index contributed by atoms with van der Waals surface area (Å²) in [6, 6.07) is 14.7. The average Bonchev–Trinajstić information content (AvgIpc) is 3.72. The van der Waals surface area contributed by atoms with Crippen molar-refractivity contribution >= 4 is 56.7 Å². The molecule has 0 atom stereocenters. The number of esters is 1. The number of aromatic nitrogens is 6. The van der Waals surface area contributed by atoms with E-state index in [1.165, 1.54) is 37.5 Å². The number of hydrogen-bond acceptors (Lipinski definition) is 9. The fraction of sp³-hybridized carbons (Fsp3) is 0.120. The summed E-state index contributed by atoms with van der Waals surface area (Å²) in [4.78, 5) is 55.0. The second-order valence-electron chi connectivity index (χ2n) is 8.16. The first kappa shape index (κ1) is 25.8. The number of imidazole rings is 2. The summed E-state index contributed by atoms with van der Waals surface area (Å²) in [5.74, 6) is -1.61. The third-order valence-electron chi connectivity index (χ3n) is 5.90. The quantitative estimate of drug-likeness (QED) is 0.322. The van der Waals surface area contributed by atoms with Gasteiger partial charge in [0.05, 0.1) is 29.2 Å². The Kier molecular flexibility index (Phi) is 6.72. The molecule has 198 valence electrons. The van der Waals surface area contributed by atoms with E-state index in [4.69, 9.17) is 5.11 Å². The van der Waals surface area contributed by atoms with Gasteiger partial charge in [0.15, 0.2) is 21.7 Å². The Labute approximate surface area is 227 Å². The van der Waals surface area contributed by atoms with Crippen LogP contribution in [0.25, 0.3) is 32.3 Å². The Morgan fingerprint density at radius 3 is 1.56 bits per heavy atom. The minimum Gasteiger partial charge on any atom is -0.476 e. The molecule has 0 amide bonds. The lowest BCUT2D eigenvalue weighted by atomic mass is 10.3. The Balaban J connectivity index is 0.000000158. The first-order valence-electron chi connectivity index (χ1n) is 11.3. The number of aromatic carboxylic acids is 1. The Hall–Kier alpha value is -4.82. The number of para-hydroxylation sites is 4. The molecular weight excluding hydrogens is 544 g/mol. The number of rotatable bonds is 4. The van der Waals surface area contributed by atoms with E-state index in [0.29, 0.717) is 15.8 Å². The summed E-state index contributed by atoms with van der Waals surface area (Å²) < 4.78 is 10.6. The molecule has 0 radical (unpaired) electrons. The highest BCUT2D eigenvalue weighted by atomic mass is 32.1. The zero-order chi connectivity index (χ0) is 27.8. The number of carbonyl (C=O) groups excluding carboxylic acids is 1. The number of ether oxygens (including phenoxy) is 1. The molecule has 0 saturated heterocycles. The maximum Gasteiger partial charge on any atom is 0.357 e. The van der Waals surface area contributed by atoms with Crippen LogP contribution in [0.2, 0.25) is 0 Å². The first-order valence-corrected chi connectivity index (χ1v) is 13.0. The predicted octanol–water partition coefficient (Wildman–Crippen LogP) is 3.06. The fourth-order valence-electron chi connectivity index (χ4n) is 3.99. The molecular formula is C25H20N6O6S2. The van der Waals surface area contributed by atoms with Gasteiger partial charge in [0, 0.05) is 24.9 Å². The first-order chi connectivity index (χ1) is 18.7. The van der Waals surface area contributed by atoms with E-state index >= 15 is 0 Å². The van der Waals surface area contributed by atoms with E-state index in [0.717, 1.165) is 27.9 Å². The summed E-state index contributed by atoms with van der Waals surface area (Å²) in [5.41, 5.74) is 2.76. The van der Waals surface area contributed by atoms with Crippen molar-refractivity contribution in [1.29, 1.82) is 0 Å². The van der Waals surface area contributed by atoms with Crippen LogP contribution in [0.1, 0.15) is 21.0 Å². The summed E-state index contributed by atoms with van der Waals surface area (Å²) in [6.45, 7) is 0. The predicted molar refractivity (Wildman–Crippen MR) is 147 cm³/mol. The van der Waals surface area contributed by atoms with E-state index in [9.17, 15) is 19.2 Å². The Morgan fingerprint density at radius 2 is 1.15 bits per heavy atom. The van der Waals surface area contributed by atoms with E-state index in [1.807, 2.05) is 42.5 Å². The number of fused-ring (bicyclic) bond motifs is 2. The lowest BCUT2D eigenvalue weighted by Gasteiger charge is -1.97. The number of carboxylic acid groups (broad SMARTS) is 1. The lowest BCUT2D eigenvalue weighted by Crippen LogP contribution is -2.20. The minimum atomic E-state index is -1.10. The molecule has 0 bridgehead atoms. The summed E-state index contributed by atoms with van der Waals surface area (Å²) in [5, 5.41) is 12.7. The highest BCUT2D eigenvalue weighted by molar-refractivity contribution is 7.12.